The van der Waals surface area contributed by atoms with Crippen molar-refractivity contribution in [1.29, 1.82) is 0 Å². The standard InChI is InChI=1S/C15H22N2OS/c18-19-11-7-14(8-12-19)16-13-3-5-15(6-4-13)17-9-1-2-10-17/h3-6,14,16H,1-2,7-12H2. The maximum Gasteiger partial charge on any atom is 0.0367 e. The maximum atomic E-state index is 11.3. The topological polar surface area (TPSA) is 32.3 Å². The van der Waals surface area contributed by atoms with Crippen LogP contribution in [0.15, 0.2) is 24.3 Å². The summed E-state index contributed by atoms with van der Waals surface area (Å²) >= 11 is 0. The number of nitrogens with one attached hydrogen (secondary N) is 1. The van der Waals surface area contributed by atoms with Crippen molar-refractivity contribution in [3.8, 4) is 0 Å². The molecular formula is C15H22N2OS. The molecule has 2 saturated heterocycles. The van der Waals surface area contributed by atoms with Gasteiger partial charge in [-0.05, 0) is 49.9 Å². The van der Waals surface area contributed by atoms with Gasteiger partial charge in [0, 0.05) is 52.8 Å². The van der Waals surface area contributed by atoms with Crippen LogP contribution in [0.25, 0.3) is 0 Å². The average Bonchev–Trinajstić information content (AvgIpc) is 2.96. The molecule has 2 aliphatic heterocycles. The molecule has 0 saturated carbocycles. The molecule has 4 heteroatoms. The zero-order valence-electron chi connectivity index (χ0n) is 11.3. The maximum absolute atomic E-state index is 11.3. The molecule has 1 N–H and O–H groups in total. The summed E-state index contributed by atoms with van der Waals surface area (Å²) in [6, 6.07) is 9.29. The van der Waals surface area contributed by atoms with E-state index in [-0.39, 0.29) is 0 Å². The molecule has 1 aromatic rings. The monoisotopic (exact) mass is 278 g/mol. The highest BCUT2D eigenvalue weighted by atomic mass is 32.2. The Bertz CT molecular complexity index is 430. The Balaban J connectivity index is 1.58. The van der Waals surface area contributed by atoms with Gasteiger partial charge in [0.15, 0.2) is 0 Å². The predicted octanol–water partition coefficient (Wildman–Crippen LogP) is 2.61. The van der Waals surface area contributed by atoms with Gasteiger partial charge in [-0.3, -0.25) is 4.21 Å². The first-order valence-electron chi connectivity index (χ1n) is 7.28. The van der Waals surface area contributed by atoms with E-state index >= 15 is 0 Å². The number of nitrogens with zero attached hydrogens (tertiary/aromatic N) is 1. The Morgan fingerprint density at radius 3 is 2.32 bits per heavy atom. The zero-order chi connectivity index (χ0) is 13.1. The zero-order valence-corrected chi connectivity index (χ0v) is 12.1. The lowest BCUT2D eigenvalue weighted by atomic mass is 10.1. The van der Waals surface area contributed by atoms with Gasteiger partial charge in [-0.15, -0.1) is 0 Å². The second-order valence-corrected chi connectivity index (χ2v) is 7.20. The number of benzene rings is 1. The first-order valence-corrected chi connectivity index (χ1v) is 8.76. The van der Waals surface area contributed by atoms with E-state index in [0.29, 0.717) is 6.04 Å². The van der Waals surface area contributed by atoms with Crippen LogP contribution in [0.5, 0.6) is 0 Å². The van der Waals surface area contributed by atoms with Crippen molar-refractivity contribution in [1.82, 2.24) is 0 Å². The van der Waals surface area contributed by atoms with Crippen molar-refractivity contribution in [3.05, 3.63) is 24.3 Å². The van der Waals surface area contributed by atoms with E-state index in [0.717, 1.165) is 24.3 Å². The van der Waals surface area contributed by atoms with E-state index in [2.05, 4.69) is 34.5 Å². The van der Waals surface area contributed by atoms with E-state index in [1.54, 1.807) is 0 Å². The lowest BCUT2D eigenvalue weighted by Gasteiger charge is -2.24. The molecule has 0 atom stereocenters. The molecule has 0 aliphatic carbocycles. The molecule has 0 radical (unpaired) electrons. The summed E-state index contributed by atoms with van der Waals surface area (Å²) < 4.78 is 11.3. The number of rotatable bonds is 3. The molecular weight excluding hydrogens is 256 g/mol. The minimum atomic E-state index is -0.571. The van der Waals surface area contributed by atoms with E-state index in [1.807, 2.05) is 0 Å². The summed E-state index contributed by atoms with van der Waals surface area (Å²) in [5.41, 5.74) is 2.54. The molecule has 2 aliphatic rings. The highest BCUT2D eigenvalue weighted by molar-refractivity contribution is 7.85. The van der Waals surface area contributed by atoms with Crippen molar-refractivity contribution in [2.24, 2.45) is 0 Å². The Morgan fingerprint density at radius 2 is 1.68 bits per heavy atom. The first kappa shape index (κ1) is 13.0. The van der Waals surface area contributed by atoms with E-state index in [1.165, 1.54) is 37.3 Å². The minimum absolute atomic E-state index is 0.496. The number of hydrogen-bond donors (Lipinski definition) is 1. The van der Waals surface area contributed by atoms with Gasteiger partial charge in [-0.2, -0.15) is 0 Å². The van der Waals surface area contributed by atoms with Crippen LogP contribution < -0.4 is 10.2 Å². The van der Waals surface area contributed by atoms with E-state index in [9.17, 15) is 4.21 Å². The normalized spacial score (nSPS) is 27.5. The third kappa shape index (κ3) is 3.30. The summed E-state index contributed by atoms with van der Waals surface area (Å²) in [6.45, 7) is 2.39. The smallest absolute Gasteiger partial charge is 0.0367 e. The van der Waals surface area contributed by atoms with E-state index in [4.69, 9.17) is 0 Å². The average molecular weight is 278 g/mol. The van der Waals surface area contributed by atoms with Crippen molar-refractivity contribution in [2.75, 3.05) is 34.8 Å². The molecule has 0 aromatic heterocycles. The van der Waals surface area contributed by atoms with Crippen LogP contribution in [0.3, 0.4) is 0 Å². The summed E-state index contributed by atoms with van der Waals surface area (Å²) in [5, 5.41) is 3.57. The molecule has 3 rings (SSSR count). The molecule has 3 nitrogen and oxygen atoms in total. The summed E-state index contributed by atoms with van der Waals surface area (Å²) in [7, 11) is -0.571. The van der Waals surface area contributed by atoms with Gasteiger partial charge in [0.05, 0.1) is 0 Å². The Labute approximate surface area is 117 Å². The molecule has 0 bridgehead atoms. The fourth-order valence-corrected chi connectivity index (χ4v) is 4.22. The SMILES string of the molecule is O=S1CCC(Nc2ccc(N3CCCC3)cc2)CC1. The second kappa shape index (κ2) is 5.95. The van der Waals surface area contributed by atoms with Gasteiger partial charge < -0.3 is 10.2 Å². The summed E-state index contributed by atoms with van der Waals surface area (Å²) in [6.07, 6.45) is 4.69. The van der Waals surface area contributed by atoms with Gasteiger partial charge in [-0.1, -0.05) is 0 Å². The van der Waals surface area contributed by atoms with E-state index < -0.39 is 10.8 Å². The molecule has 1 aromatic carbocycles. The highest BCUT2D eigenvalue weighted by Crippen LogP contribution is 2.23. The predicted molar refractivity (Wildman–Crippen MR) is 82.4 cm³/mol. The summed E-state index contributed by atoms with van der Waals surface area (Å²) in [4.78, 5) is 2.45. The number of hydrogen-bond acceptors (Lipinski definition) is 3. The number of anilines is 2. The Hall–Kier alpha value is -1.03. The molecule has 0 unspecified atom stereocenters. The van der Waals surface area contributed by atoms with Gasteiger partial charge in [0.2, 0.25) is 0 Å². The van der Waals surface area contributed by atoms with Crippen molar-refractivity contribution < 1.29 is 4.21 Å². The third-order valence-corrected chi connectivity index (χ3v) is 5.48. The lowest BCUT2D eigenvalue weighted by Crippen LogP contribution is -2.29. The van der Waals surface area contributed by atoms with Crippen molar-refractivity contribution in [3.63, 3.8) is 0 Å². The highest BCUT2D eigenvalue weighted by Gasteiger charge is 2.17. The van der Waals surface area contributed by atoms with Crippen LogP contribution >= 0.6 is 0 Å². The lowest BCUT2D eigenvalue weighted by molar-refractivity contribution is 0.624. The fourth-order valence-electron chi connectivity index (χ4n) is 2.92. The second-order valence-electron chi connectivity index (χ2n) is 5.51. The van der Waals surface area contributed by atoms with Crippen molar-refractivity contribution >= 4 is 22.2 Å². The molecule has 2 fully saturated rings. The molecule has 0 amide bonds. The largest absolute Gasteiger partial charge is 0.382 e. The molecule has 19 heavy (non-hydrogen) atoms. The van der Waals surface area contributed by atoms with Crippen molar-refractivity contribution in [2.45, 2.75) is 31.7 Å². The van der Waals surface area contributed by atoms with Crippen LogP contribution in [0.2, 0.25) is 0 Å². The van der Waals surface area contributed by atoms with Crippen LogP contribution in [-0.2, 0) is 10.8 Å². The quantitative estimate of drug-likeness (QED) is 0.922. The van der Waals surface area contributed by atoms with Gasteiger partial charge in [-0.25, -0.2) is 0 Å². The van der Waals surface area contributed by atoms with Crippen LogP contribution in [0.1, 0.15) is 25.7 Å². The fraction of sp³-hybridized carbons (Fsp3) is 0.600. The first-order chi connectivity index (χ1) is 9.31. The van der Waals surface area contributed by atoms with Crippen LogP contribution in [0, 0.1) is 0 Å². The third-order valence-electron chi connectivity index (χ3n) is 4.10. The molecule has 2 heterocycles. The van der Waals surface area contributed by atoms with Crippen LogP contribution in [0.4, 0.5) is 11.4 Å². The minimum Gasteiger partial charge on any atom is -0.382 e. The van der Waals surface area contributed by atoms with Gasteiger partial charge in [0.1, 0.15) is 0 Å². The molecule has 0 spiro atoms. The van der Waals surface area contributed by atoms with Gasteiger partial charge >= 0.3 is 0 Å². The molecule has 104 valence electrons. The Kier molecular flexibility index (Phi) is 4.06. The Morgan fingerprint density at radius 1 is 1.05 bits per heavy atom. The van der Waals surface area contributed by atoms with Crippen LogP contribution in [-0.4, -0.2) is 34.8 Å². The van der Waals surface area contributed by atoms with Gasteiger partial charge in [0.25, 0.3) is 0 Å². The summed E-state index contributed by atoms with van der Waals surface area (Å²) in [5.74, 6) is 1.70.